The van der Waals surface area contributed by atoms with E-state index in [0.29, 0.717) is 0 Å². The first-order valence-electron chi connectivity index (χ1n) is 6.67. The number of nitrogens with zero attached hydrogens (tertiary/aromatic N) is 1. The Morgan fingerprint density at radius 2 is 1.35 bits per heavy atom. The van der Waals surface area contributed by atoms with Crippen molar-refractivity contribution in [2.24, 2.45) is 0 Å². The van der Waals surface area contributed by atoms with Crippen LogP contribution in [0.25, 0.3) is 0 Å². The van der Waals surface area contributed by atoms with Crippen molar-refractivity contribution in [2.75, 3.05) is 14.1 Å². The van der Waals surface area contributed by atoms with Crippen molar-refractivity contribution in [1.82, 2.24) is 10.2 Å². The standard InChI is InChI=1S/C17H20N2O/c1-17(19(3)16(20)18-2,14-10-6-4-7-11-14)15-12-8-5-9-13-15/h4-13H,1-3H3,(H,18,20). The Hall–Kier alpha value is -2.29. The van der Waals surface area contributed by atoms with Gasteiger partial charge in [0.05, 0.1) is 5.54 Å². The molecule has 104 valence electrons. The van der Waals surface area contributed by atoms with Crippen LogP contribution < -0.4 is 5.32 Å². The van der Waals surface area contributed by atoms with Gasteiger partial charge >= 0.3 is 6.03 Å². The molecule has 2 amide bonds. The zero-order valence-corrected chi connectivity index (χ0v) is 12.1. The number of carbonyl (C=O) groups is 1. The van der Waals surface area contributed by atoms with Crippen LogP contribution in [0.2, 0.25) is 0 Å². The molecule has 0 radical (unpaired) electrons. The maximum absolute atomic E-state index is 12.1. The molecule has 3 heteroatoms. The number of urea groups is 1. The van der Waals surface area contributed by atoms with Crippen molar-refractivity contribution >= 4 is 6.03 Å². The summed E-state index contributed by atoms with van der Waals surface area (Å²) in [5, 5.41) is 2.70. The highest BCUT2D eigenvalue weighted by molar-refractivity contribution is 5.75. The molecule has 3 nitrogen and oxygen atoms in total. The number of nitrogens with one attached hydrogen (secondary N) is 1. The quantitative estimate of drug-likeness (QED) is 0.910. The van der Waals surface area contributed by atoms with E-state index in [1.165, 1.54) is 0 Å². The van der Waals surface area contributed by atoms with E-state index in [1.807, 2.05) is 67.7 Å². The summed E-state index contributed by atoms with van der Waals surface area (Å²) < 4.78 is 0. The molecule has 0 unspecified atom stereocenters. The van der Waals surface area contributed by atoms with E-state index < -0.39 is 5.54 Å². The highest BCUT2D eigenvalue weighted by Gasteiger charge is 2.35. The first-order valence-corrected chi connectivity index (χ1v) is 6.67. The van der Waals surface area contributed by atoms with E-state index in [2.05, 4.69) is 12.2 Å². The predicted octanol–water partition coefficient (Wildman–Crippen LogP) is 3.22. The molecule has 2 aromatic rings. The largest absolute Gasteiger partial charge is 0.341 e. The van der Waals surface area contributed by atoms with Gasteiger partial charge in [0.15, 0.2) is 0 Å². The summed E-state index contributed by atoms with van der Waals surface area (Å²) in [6, 6.07) is 20.0. The number of benzene rings is 2. The Labute approximate surface area is 120 Å². The van der Waals surface area contributed by atoms with Crippen molar-refractivity contribution in [2.45, 2.75) is 12.5 Å². The van der Waals surface area contributed by atoms with Crippen molar-refractivity contribution in [1.29, 1.82) is 0 Å². The van der Waals surface area contributed by atoms with Gasteiger partial charge in [0, 0.05) is 14.1 Å². The summed E-state index contributed by atoms with van der Waals surface area (Å²) in [6.07, 6.45) is 0. The summed E-state index contributed by atoms with van der Waals surface area (Å²) in [5.74, 6) is 0. The van der Waals surface area contributed by atoms with E-state index in [4.69, 9.17) is 0 Å². The number of hydrogen-bond donors (Lipinski definition) is 1. The Bertz CT molecular complexity index is 527. The lowest BCUT2D eigenvalue weighted by Crippen LogP contribution is -2.49. The lowest BCUT2D eigenvalue weighted by molar-refractivity contribution is 0.168. The average Bonchev–Trinajstić information content (AvgIpc) is 2.54. The first kappa shape index (κ1) is 14.1. The Morgan fingerprint density at radius 3 is 1.70 bits per heavy atom. The third-order valence-electron chi connectivity index (χ3n) is 3.86. The summed E-state index contributed by atoms with van der Waals surface area (Å²) in [5.41, 5.74) is 1.65. The first-order chi connectivity index (χ1) is 9.60. The van der Waals surface area contributed by atoms with Gasteiger partial charge in [-0.1, -0.05) is 60.7 Å². The molecule has 0 aliphatic heterocycles. The zero-order chi connectivity index (χ0) is 14.6. The fraction of sp³-hybridized carbons (Fsp3) is 0.235. The normalized spacial score (nSPS) is 10.9. The molecular formula is C17H20N2O. The molecule has 2 rings (SSSR count). The third-order valence-corrected chi connectivity index (χ3v) is 3.86. The van der Waals surface area contributed by atoms with Gasteiger partial charge in [-0.25, -0.2) is 4.79 Å². The second-order valence-electron chi connectivity index (χ2n) is 4.92. The van der Waals surface area contributed by atoms with Gasteiger partial charge in [0.1, 0.15) is 0 Å². The van der Waals surface area contributed by atoms with Crippen molar-refractivity contribution in [3.8, 4) is 0 Å². The lowest BCUT2D eigenvalue weighted by Gasteiger charge is -2.39. The molecule has 0 saturated heterocycles. The van der Waals surface area contributed by atoms with Crippen LogP contribution in [0.3, 0.4) is 0 Å². The fourth-order valence-electron chi connectivity index (χ4n) is 2.45. The average molecular weight is 268 g/mol. The van der Waals surface area contributed by atoms with Gasteiger partial charge < -0.3 is 10.2 Å². The molecule has 0 spiro atoms. The van der Waals surface area contributed by atoms with Gasteiger partial charge in [0.25, 0.3) is 0 Å². The highest BCUT2D eigenvalue weighted by atomic mass is 16.2. The highest BCUT2D eigenvalue weighted by Crippen LogP contribution is 2.34. The van der Waals surface area contributed by atoms with E-state index in [0.717, 1.165) is 11.1 Å². The molecule has 0 atom stereocenters. The van der Waals surface area contributed by atoms with Gasteiger partial charge in [0.2, 0.25) is 0 Å². The van der Waals surface area contributed by atoms with Gasteiger partial charge in [-0.05, 0) is 18.1 Å². The van der Waals surface area contributed by atoms with Crippen LogP contribution in [-0.2, 0) is 5.54 Å². The topological polar surface area (TPSA) is 32.3 Å². The van der Waals surface area contributed by atoms with Crippen LogP contribution in [0.1, 0.15) is 18.1 Å². The molecule has 0 heterocycles. The molecular weight excluding hydrogens is 248 g/mol. The van der Waals surface area contributed by atoms with Crippen LogP contribution in [0, 0.1) is 0 Å². The lowest BCUT2D eigenvalue weighted by atomic mass is 9.83. The molecule has 0 fully saturated rings. The summed E-state index contributed by atoms with van der Waals surface area (Å²) in [7, 11) is 3.47. The van der Waals surface area contributed by atoms with Crippen LogP contribution in [-0.4, -0.2) is 25.0 Å². The van der Waals surface area contributed by atoms with Crippen LogP contribution in [0.15, 0.2) is 60.7 Å². The molecule has 2 aromatic carbocycles. The second kappa shape index (κ2) is 5.78. The van der Waals surface area contributed by atoms with Gasteiger partial charge in [-0.3, -0.25) is 0 Å². The predicted molar refractivity (Wildman–Crippen MR) is 81.6 cm³/mol. The SMILES string of the molecule is CNC(=O)N(C)C(C)(c1ccccc1)c1ccccc1. The summed E-state index contributed by atoms with van der Waals surface area (Å²) in [4.78, 5) is 13.9. The molecule has 20 heavy (non-hydrogen) atoms. The minimum absolute atomic E-state index is 0.111. The second-order valence-corrected chi connectivity index (χ2v) is 4.92. The number of hydrogen-bond acceptors (Lipinski definition) is 1. The Kier molecular flexibility index (Phi) is 4.08. The maximum atomic E-state index is 12.1. The van der Waals surface area contributed by atoms with Gasteiger partial charge in [-0.15, -0.1) is 0 Å². The minimum atomic E-state index is -0.511. The Balaban J connectivity index is 2.58. The fourth-order valence-corrected chi connectivity index (χ4v) is 2.45. The molecule has 0 aromatic heterocycles. The van der Waals surface area contributed by atoms with Crippen LogP contribution in [0.4, 0.5) is 4.79 Å². The van der Waals surface area contributed by atoms with E-state index in [9.17, 15) is 4.79 Å². The third kappa shape index (κ3) is 2.39. The van der Waals surface area contributed by atoms with E-state index >= 15 is 0 Å². The van der Waals surface area contributed by atoms with E-state index in [-0.39, 0.29) is 6.03 Å². The molecule has 0 saturated carbocycles. The Morgan fingerprint density at radius 1 is 0.950 bits per heavy atom. The summed E-state index contributed by atoms with van der Waals surface area (Å²) in [6.45, 7) is 2.06. The number of amides is 2. The molecule has 0 aliphatic rings. The smallest absolute Gasteiger partial charge is 0.317 e. The van der Waals surface area contributed by atoms with Gasteiger partial charge in [-0.2, -0.15) is 0 Å². The minimum Gasteiger partial charge on any atom is -0.341 e. The van der Waals surface area contributed by atoms with Crippen LogP contribution in [0.5, 0.6) is 0 Å². The maximum Gasteiger partial charge on any atom is 0.317 e. The monoisotopic (exact) mass is 268 g/mol. The number of rotatable bonds is 3. The summed E-state index contributed by atoms with van der Waals surface area (Å²) >= 11 is 0. The molecule has 0 bridgehead atoms. The van der Waals surface area contributed by atoms with Crippen molar-refractivity contribution in [3.63, 3.8) is 0 Å². The van der Waals surface area contributed by atoms with Crippen molar-refractivity contribution in [3.05, 3.63) is 71.8 Å². The van der Waals surface area contributed by atoms with Crippen LogP contribution >= 0.6 is 0 Å². The zero-order valence-electron chi connectivity index (χ0n) is 12.1. The molecule has 1 N–H and O–H groups in total. The number of carbonyl (C=O) groups excluding carboxylic acids is 1. The molecule has 0 aliphatic carbocycles. The van der Waals surface area contributed by atoms with Crippen molar-refractivity contribution < 1.29 is 4.79 Å². The van der Waals surface area contributed by atoms with E-state index in [1.54, 1.807) is 11.9 Å².